The van der Waals surface area contributed by atoms with Gasteiger partial charge >= 0.3 is 0 Å². The van der Waals surface area contributed by atoms with Gasteiger partial charge in [-0.15, -0.1) is 11.3 Å². The van der Waals surface area contributed by atoms with Crippen LogP contribution in [-0.2, 0) is 16.1 Å². The second kappa shape index (κ2) is 14.2. The molecule has 0 saturated heterocycles. The van der Waals surface area contributed by atoms with Gasteiger partial charge in [0.25, 0.3) is 0 Å². The second-order valence-electron chi connectivity index (χ2n) is 11.6. The average Bonchev–Trinajstić information content (AvgIpc) is 3.73. The van der Waals surface area contributed by atoms with E-state index < -0.39 is 11.6 Å². The lowest BCUT2D eigenvalue weighted by molar-refractivity contribution is -0.129. The molecule has 13 heteroatoms. The Labute approximate surface area is 281 Å². The van der Waals surface area contributed by atoms with Crippen LogP contribution in [-0.4, -0.2) is 89.6 Å². The molecule has 10 nitrogen and oxygen atoms in total. The Bertz CT molecular complexity index is 1960. The summed E-state index contributed by atoms with van der Waals surface area (Å²) in [4.78, 5) is 26.0. The Morgan fingerprint density at radius 3 is 2.65 bits per heavy atom. The lowest BCUT2D eigenvalue weighted by Crippen LogP contribution is -2.40. The lowest BCUT2D eigenvalue weighted by atomic mass is 9.96. The molecular weight excluding hydrogens is 638 g/mol. The fourth-order valence-corrected chi connectivity index (χ4v) is 6.73. The number of amides is 1. The summed E-state index contributed by atoms with van der Waals surface area (Å²) in [6.07, 6.45) is 3.00. The average molecular weight is 675 g/mol. The predicted octanol–water partition coefficient (Wildman–Crippen LogP) is 6.22. The molecule has 0 unspecified atom stereocenters. The molecule has 0 saturated carbocycles. The van der Waals surface area contributed by atoms with E-state index in [1.165, 1.54) is 30.6 Å². The summed E-state index contributed by atoms with van der Waals surface area (Å²) in [6.45, 7) is 8.02. The molecule has 0 bridgehead atoms. The SMILES string of the molecule is C=CC(=O)N1CCn2nc(-c3nc(-c4ccc(OCCN(C)C)nc4)c4ccsc4c3-c3c(F)cc(F)cc3OCCOC)cc2[C@H]1C. The van der Waals surface area contributed by atoms with Crippen LogP contribution in [0.3, 0.4) is 0 Å². The Kier molecular flexibility index (Phi) is 9.81. The largest absolute Gasteiger partial charge is 0.490 e. The second-order valence-corrected chi connectivity index (χ2v) is 12.5. The van der Waals surface area contributed by atoms with E-state index in [0.29, 0.717) is 52.9 Å². The van der Waals surface area contributed by atoms with E-state index >= 15 is 4.39 Å². The van der Waals surface area contributed by atoms with Crippen molar-refractivity contribution in [3.63, 3.8) is 0 Å². The van der Waals surface area contributed by atoms with Gasteiger partial charge in [-0.2, -0.15) is 5.10 Å². The maximum Gasteiger partial charge on any atom is 0.246 e. The fourth-order valence-electron chi connectivity index (χ4n) is 5.78. The Morgan fingerprint density at radius 2 is 1.92 bits per heavy atom. The molecule has 6 rings (SSSR count). The molecule has 0 N–H and O–H groups in total. The first kappa shape index (κ1) is 33.2. The molecule has 0 spiro atoms. The van der Waals surface area contributed by atoms with Gasteiger partial charge in [-0.1, -0.05) is 6.58 Å². The molecule has 1 aromatic carbocycles. The maximum atomic E-state index is 16.0. The number of thiophene rings is 1. The molecule has 250 valence electrons. The number of aromatic nitrogens is 4. The number of benzene rings is 1. The van der Waals surface area contributed by atoms with Gasteiger partial charge in [-0.05, 0) is 50.7 Å². The summed E-state index contributed by atoms with van der Waals surface area (Å²) in [7, 11) is 5.47. The van der Waals surface area contributed by atoms with Crippen LogP contribution in [0.1, 0.15) is 18.7 Å². The minimum absolute atomic E-state index is 0.0241. The van der Waals surface area contributed by atoms with E-state index in [2.05, 4.69) is 11.6 Å². The van der Waals surface area contributed by atoms with Crippen molar-refractivity contribution in [2.75, 3.05) is 54.1 Å². The van der Waals surface area contributed by atoms with E-state index in [0.717, 1.165) is 29.3 Å². The van der Waals surface area contributed by atoms with Crippen molar-refractivity contribution in [3.05, 3.63) is 78.0 Å². The molecule has 4 aromatic heterocycles. The molecule has 48 heavy (non-hydrogen) atoms. The predicted molar refractivity (Wildman–Crippen MR) is 181 cm³/mol. The molecule has 0 radical (unpaired) electrons. The van der Waals surface area contributed by atoms with Crippen LogP contribution in [0, 0.1) is 11.6 Å². The molecule has 1 aliphatic heterocycles. The summed E-state index contributed by atoms with van der Waals surface area (Å²) in [5.41, 5.74) is 3.48. The van der Waals surface area contributed by atoms with Crippen molar-refractivity contribution in [2.24, 2.45) is 0 Å². The first-order valence-corrected chi connectivity index (χ1v) is 16.4. The van der Waals surface area contributed by atoms with Crippen LogP contribution in [0.4, 0.5) is 8.78 Å². The quantitative estimate of drug-likeness (QED) is 0.114. The maximum absolute atomic E-state index is 16.0. The number of methoxy groups -OCH3 is 1. The van der Waals surface area contributed by atoms with Gasteiger partial charge in [0.2, 0.25) is 11.8 Å². The van der Waals surface area contributed by atoms with Crippen LogP contribution in [0.5, 0.6) is 11.6 Å². The van der Waals surface area contributed by atoms with E-state index in [4.69, 9.17) is 24.3 Å². The molecule has 0 fully saturated rings. The minimum Gasteiger partial charge on any atom is -0.490 e. The number of hydrogen-bond acceptors (Lipinski definition) is 9. The molecule has 1 aliphatic rings. The highest BCUT2D eigenvalue weighted by atomic mass is 32.1. The first-order chi connectivity index (χ1) is 23.2. The van der Waals surface area contributed by atoms with Crippen molar-refractivity contribution in [3.8, 4) is 45.4 Å². The number of ether oxygens (including phenoxy) is 3. The van der Waals surface area contributed by atoms with Crippen molar-refractivity contribution in [2.45, 2.75) is 19.5 Å². The normalized spacial score (nSPS) is 14.4. The third kappa shape index (κ3) is 6.53. The van der Waals surface area contributed by atoms with Crippen LogP contribution in [0.2, 0.25) is 0 Å². The van der Waals surface area contributed by atoms with Crippen molar-refractivity contribution >= 4 is 27.3 Å². The molecular formula is C35H36F2N6O4S. The summed E-state index contributed by atoms with van der Waals surface area (Å²) in [5, 5.41) is 7.58. The molecule has 1 atom stereocenters. The van der Waals surface area contributed by atoms with Gasteiger partial charge in [-0.3, -0.25) is 9.48 Å². The van der Waals surface area contributed by atoms with Crippen LogP contribution in [0.25, 0.3) is 43.9 Å². The first-order valence-electron chi connectivity index (χ1n) is 15.5. The number of carbonyl (C=O) groups excluding carboxylic acids is 1. The van der Waals surface area contributed by atoms with Gasteiger partial charge in [-0.25, -0.2) is 18.7 Å². The molecule has 0 aliphatic carbocycles. The summed E-state index contributed by atoms with van der Waals surface area (Å²) in [6, 6.07) is 9.19. The number of rotatable bonds is 12. The van der Waals surface area contributed by atoms with E-state index in [9.17, 15) is 9.18 Å². The third-order valence-electron chi connectivity index (χ3n) is 8.18. The summed E-state index contributed by atoms with van der Waals surface area (Å²) < 4.78 is 50.1. The summed E-state index contributed by atoms with van der Waals surface area (Å²) >= 11 is 1.41. The monoisotopic (exact) mass is 674 g/mol. The zero-order valence-electron chi connectivity index (χ0n) is 27.2. The smallest absolute Gasteiger partial charge is 0.246 e. The van der Waals surface area contributed by atoms with Gasteiger partial charge < -0.3 is 24.0 Å². The van der Waals surface area contributed by atoms with Crippen LogP contribution in [0.15, 0.2) is 60.6 Å². The zero-order valence-corrected chi connectivity index (χ0v) is 28.0. The van der Waals surface area contributed by atoms with E-state index in [1.807, 2.05) is 54.2 Å². The number of halogens is 2. The number of likely N-dealkylation sites (N-methyl/N-ethyl adjacent to an activating group) is 1. The van der Waals surface area contributed by atoms with Crippen LogP contribution < -0.4 is 9.47 Å². The van der Waals surface area contributed by atoms with Crippen molar-refractivity contribution < 1.29 is 27.8 Å². The third-order valence-corrected chi connectivity index (χ3v) is 9.11. The van der Waals surface area contributed by atoms with Gasteiger partial charge in [0.15, 0.2) is 0 Å². The molecule has 5 heterocycles. The van der Waals surface area contributed by atoms with E-state index in [-0.39, 0.29) is 36.5 Å². The highest BCUT2D eigenvalue weighted by Gasteiger charge is 2.31. The van der Waals surface area contributed by atoms with Crippen molar-refractivity contribution in [1.29, 1.82) is 0 Å². The number of hydrogen-bond donors (Lipinski definition) is 0. The van der Waals surface area contributed by atoms with Crippen molar-refractivity contribution in [1.82, 2.24) is 29.5 Å². The molecule has 1 amide bonds. The van der Waals surface area contributed by atoms with Crippen LogP contribution >= 0.6 is 11.3 Å². The highest BCUT2D eigenvalue weighted by Crippen LogP contribution is 2.47. The standard InChI is InChI=1S/C35H36F2N6O4S/c1-6-30(44)42-10-11-43-27(21(42)2)19-26(40-43)34-32(31-25(37)17-23(36)18-28(31)46-15-14-45-5)35-24(9-16-48-35)33(39-34)22-7-8-29(38-20-22)47-13-12-41(3)4/h6-9,16-21H,1,10-15H2,2-5H3/t21-/m1/s1. The van der Waals surface area contributed by atoms with Gasteiger partial charge in [0.05, 0.1) is 36.1 Å². The van der Waals surface area contributed by atoms with Gasteiger partial charge in [0.1, 0.15) is 42.0 Å². The number of nitrogens with zero attached hydrogens (tertiary/aromatic N) is 6. The number of carbonyl (C=O) groups is 1. The Balaban J connectivity index is 1.55. The highest BCUT2D eigenvalue weighted by molar-refractivity contribution is 7.18. The summed E-state index contributed by atoms with van der Waals surface area (Å²) in [5.74, 6) is -1.23. The zero-order chi connectivity index (χ0) is 33.9. The lowest BCUT2D eigenvalue weighted by Gasteiger charge is -2.33. The van der Waals surface area contributed by atoms with Gasteiger partial charge in [0, 0.05) is 65.8 Å². The number of fused-ring (bicyclic) bond motifs is 2. The minimum atomic E-state index is -0.797. The number of pyridine rings is 2. The fraction of sp³-hybridized carbons (Fsp3) is 0.314. The Morgan fingerprint density at radius 1 is 1.08 bits per heavy atom. The molecule has 5 aromatic rings. The van der Waals surface area contributed by atoms with E-state index in [1.54, 1.807) is 17.2 Å². The topological polar surface area (TPSA) is 94.8 Å². The Hall–Kier alpha value is -4.72.